The van der Waals surface area contributed by atoms with Crippen molar-refractivity contribution in [3.63, 3.8) is 0 Å². The number of hydrogen-bond donors (Lipinski definition) is 1. The van der Waals surface area contributed by atoms with Crippen LogP contribution in [0.5, 0.6) is 11.5 Å². The molecule has 5 rings (SSSR count). The first-order chi connectivity index (χ1) is 17.9. The highest BCUT2D eigenvalue weighted by Crippen LogP contribution is 2.37. The number of hydrogen-bond acceptors (Lipinski definition) is 5. The molecule has 37 heavy (non-hydrogen) atoms. The van der Waals surface area contributed by atoms with Gasteiger partial charge in [-0.1, -0.05) is 53.5 Å². The maximum atomic E-state index is 12.9. The van der Waals surface area contributed by atoms with Crippen molar-refractivity contribution >= 4 is 57.7 Å². The number of nitrogens with zero attached hydrogens (tertiary/aromatic N) is 2. The molecule has 9 heteroatoms. The number of halogens is 2. The van der Waals surface area contributed by atoms with Gasteiger partial charge in [0.1, 0.15) is 13.2 Å². The van der Waals surface area contributed by atoms with Gasteiger partial charge in [0.2, 0.25) is 0 Å². The summed E-state index contributed by atoms with van der Waals surface area (Å²) >= 11 is 12.2. The topological polar surface area (TPSA) is 80.2 Å². The molecule has 0 saturated heterocycles. The molecular weight excluding hydrogens is 513 g/mol. The van der Waals surface area contributed by atoms with Crippen molar-refractivity contribution < 1.29 is 19.1 Å². The predicted molar refractivity (Wildman–Crippen MR) is 145 cm³/mol. The van der Waals surface area contributed by atoms with Gasteiger partial charge in [-0.15, -0.1) is 0 Å². The Kier molecular flexibility index (Phi) is 6.99. The van der Waals surface area contributed by atoms with E-state index in [0.29, 0.717) is 32.7 Å². The average Bonchev–Trinajstić information content (AvgIpc) is 3.16. The molecule has 0 saturated carbocycles. The number of carbonyl (C=O) groups is 2. The Hall–Kier alpha value is -4.07. The molecule has 0 radical (unpaired) electrons. The number of benzene rings is 4. The van der Waals surface area contributed by atoms with E-state index in [4.69, 9.17) is 32.7 Å². The van der Waals surface area contributed by atoms with Gasteiger partial charge in [0, 0.05) is 26.6 Å². The van der Waals surface area contributed by atoms with Gasteiger partial charge < -0.3 is 9.47 Å². The standard InChI is InChI=1S/C28H21Cl2N3O4/c1-36-25-12-17(8-11-24(25)37-16-19-9-10-20(29)13-22(19)30)14-31-32-26(34)15-33-23-7-3-5-18-4-2-6-21(27(18)23)28(33)35/h2-14H,15-16H2,1H3,(H,32,34)/b31-14+. The fraction of sp³-hybridized carbons (Fsp3) is 0.107. The Morgan fingerprint density at radius 2 is 1.84 bits per heavy atom. The van der Waals surface area contributed by atoms with E-state index in [2.05, 4.69) is 10.5 Å². The van der Waals surface area contributed by atoms with Crippen LogP contribution in [0.2, 0.25) is 10.0 Å². The number of ether oxygens (including phenoxy) is 2. The molecule has 1 N–H and O–H groups in total. The van der Waals surface area contributed by atoms with Crippen molar-refractivity contribution in [1.82, 2.24) is 5.43 Å². The lowest BCUT2D eigenvalue weighted by molar-refractivity contribution is -0.119. The van der Waals surface area contributed by atoms with Crippen LogP contribution in [0.25, 0.3) is 10.8 Å². The van der Waals surface area contributed by atoms with Gasteiger partial charge in [0.05, 0.1) is 19.0 Å². The third-order valence-corrected chi connectivity index (χ3v) is 6.53. The fourth-order valence-corrected chi connectivity index (χ4v) is 4.63. The first-order valence-electron chi connectivity index (χ1n) is 11.3. The number of methoxy groups -OCH3 is 1. The number of rotatable bonds is 8. The largest absolute Gasteiger partial charge is 0.493 e. The molecule has 0 fully saturated rings. The van der Waals surface area contributed by atoms with Crippen LogP contribution in [-0.4, -0.2) is 31.7 Å². The van der Waals surface area contributed by atoms with E-state index >= 15 is 0 Å². The van der Waals surface area contributed by atoms with E-state index < -0.39 is 5.91 Å². The lowest BCUT2D eigenvalue weighted by Gasteiger charge is -2.16. The van der Waals surface area contributed by atoms with Crippen molar-refractivity contribution in [2.24, 2.45) is 5.10 Å². The van der Waals surface area contributed by atoms with E-state index in [0.717, 1.165) is 22.0 Å². The molecule has 1 aliphatic heterocycles. The first-order valence-corrected chi connectivity index (χ1v) is 12.1. The Bertz CT molecular complexity index is 1550. The van der Waals surface area contributed by atoms with Gasteiger partial charge in [-0.3, -0.25) is 14.5 Å². The number of anilines is 1. The molecule has 0 atom stereocenters. The molecule has 2 amide bonds. The van der Waals surface area contributed by atoms with Crippen LogP contribution in [0.4, 0.5) is 5.69 Å². The molecule has 0 unspecified atom stereocenters. The molecule has 186 valence electrons. The summed E-state index contributed by atoms with van der Waals surface area (Å²) in [5.74, 6) is 0.400. The predicted octanol–water partition coefficient (Wildman–Crippen LogP) is 5.84. The zero-order valence-corrected chi connectivity index (χ0v) is 21.2. The summed E-state index contributed by atoms with van der Waals surface area (Å²) in [4.78, 5) is 26.9. The van der Waals surface area contributed by atoms with Crippen LogP contribution in [0.1, 0.15) is 21.5 Å². The smallest absolute Gasteiger partial charge is 0.260 e. The summed E-state index contributed by atoms with van der Waals surface area (Å²) in [6, 6.07) is 21.7. The Morgan fingerprint density at radius 3 is 2.62 bits per heavy atom. The van der Waals surface area contributed by atoms with Crippen LogP contribution in [-0.2, 0) is 11.4 Å². The van der Waals surface area contributed by atoms with Gasteiger partial charge in [-0.2, -0.15) is 5.10 Å². The molecule has 4 aromatic rings. The van der Waals surface area contributed by atoms with E-state index in [1.807, 2.05) is 30.3 Å². The number of hydrazone groups is 1. The normalized spacial score (nSPS) is 12.4. The Labute approximate surface area is 223 Å². The molecule has 0 aromatic heterocycles. The van der Waals surface area contributed by atoms with Gasteiger partial charge in [-0.25, -0.2) is 5.43 Å². The maximum Gasteiger partial charge on any atom is 0.260 e. The van der Waals surface area contributed by atoms with Crippen LogP contribution >= 0.6 is 23.2 Å². The zero-order chi connectivity index (χ0) is 25.9. The highest BCUT2D eigenvalue weighted by atomic mass is 35.5. The lowest BCUT2D eigenvalue weighted by Crippen LogP contribution is -2.37. The third kappa shape index (κ3) is 5.09. The number of carbonyl (C=O) groups excluding carboxylic acids is 2. The van der Waals surface area contributed by atoms with Gasteiger partial charge in [0.25, 0.3) is 11.8 Å². The molecule has 1 heterocycles. The van der Waals surface area contributed by atoms with Crippen LogP contribution in [0, 0.1) is 0 Å². The van der Waals surface area contributed by atoms with Gasteiger partial charge in [-0.05, 0) is 53.4 Å². The van der Waals surface area contributed by atoms with Gasteiger partial charge in [0.15, 0.2) is 11.5 Å². The second-order valence-electron chi connectivity index (χ2n) is 8.30. The second kappa shape index (κ2) is 10.5. The fourth-order valence-electron chi connectivity index (χ4n) is 4.17. The van der Waals surface area contributed by atoms with E-state index in [1.54, 1.807) is 42.5 Å². The highest BCUT2D eigenvalue weighted by Gasteiger charge is 2.30. The molecular formula is C28H21Cl2N3O4. The van der Waals surface area contributed by atoms with E-state index in [1.165, 1.54) is 18.2 Å². The minimum atomic E-state index is -0.416. The SMILES string of the molecule is COc1cc(/C=N/NC(=O)CN2C(=O)c3cccc4cccc2c34)ccc1OCc1ccc(Cl)cc1Cl. The second-order valence-corrected chi connectivity index (χ2v) is 9.14. The lowest BCUT2D eigenvalue weighted by atomic mass is 10.1. The summed E-state index contributed by atoms with van der Waals surface area (Å²) in [5.41, 5.74) is 5.27. The summed E-state index contributed by atoms with van der Waals surface area (Å²) in [7, 11) is 1.53. The summed E-state index contributed by atoms with van der Waals surface area (Å²) in [5, 5.41) is 6.92. The zero-order valence-electron chi connectivity index (χ0n) is 19.7. The molecule has 1 aliphatic rings. The van der Waals surface area contributed by atoms with Crippen molar-refractivity contribution in [3.05, 3.63) is 99.5 Å². The average molecular weight is 534 g/mol. The quantitative estimate of drug-likeness (QED) is 0.227. The van der Waals surface area contributed by atoms with Gasteiger partial charge >= 0.3 is 0 Å². The minimum Gasteiger partial charge on any atom is -0.493 e. The Balaban J connectivity index is 1.21. The van der Waals surface area contributed by atoms with Crippen LogP contribution in [0.3, 0.4) is 0 Å². The van der Waals surface area contributed by atoms with Crippen molar-refractivity contribution in [2.75, 3.05) is 18.6 Å². The molecule has 7 nitrogen and oxygen atoms in total. The van der Waals surface area contributed by atoms with E-state index in [9.17, 15) is 9.59 Å². The monoisotopic (exact) mass is 533 g/mol. The maximum absolute atomic E-state index is 12.9. The van der Waals surface area contributed by atoms with E-state index in [-0.39, 0.29) is 19.1 Å². The first kappa shape index (κ1) is 24.6. The van der Waals surface area contributed by atoms with Crippen molar-refractivity contribution in [1.29, 1.82) is 0 Å². The van der Waals surface area contributed by atoms with Crippen molar-refractivity contribution in [2.45, 2.75) is 6.61 Å². The molecule has 0 aliphatic carbocycles. The summed E-state index contributed by atoms with van der Waals surface area (Å²) in [6.45, 7) is 0.0932. The number of amides is 2. The van der Waals surface area contributed by atoms with Crippen LogP contribution < -0.4 is 19.8 Å². The Morgan fingerprint density at radius 1 is 1.03 bits per heavy atom. The molecule has 4 aromatic carbocycles. The summed E-state index contributed by atoms with van der Waals surface area (Å²) < 4.78 is 11.3. The third-order valence-electron chi connectivity index (χ3n) is 5.94. The highest BCUT2D eigenvalue weighted by molar-refractivity contribution is 6.35. The van der Waals surface area contributed by atoms with Crippen molar-refractivity contribution in [3.8, 4) is 11.5 Å². The molecule has 0 spiro atoms. The van der Waals surface area contributed by atoms with Crippen LogP contribution in [0.15, 0.2) is 77.9 Å². The molecule has 0 bridgehead atoms. The summed E-state index contributed by atoms with van der Waals surface area (Å²) in [6.07, 6.45) is 1.49. The number of nitrogens with one attached hydrogen (secondary N) is 1. The minimum absolute atomic E-state index is 0.146.